The molecule has 64 valence electrons. The van der Waals surface area contributed by atoms with Gasteiger partial charge in [-0.1, -0.05) is 20.8 Å². The maximum atomic E-state index is 5.72. The molecule has 0 saturated heterocycles. The highest BCUT2D eigenvalue weighted by molar-refractivity contribution is 5.71. The summed E-state index contributed by atoms with van der Waals surface area (Å²) in [5.41, 5.74) is 6.87. The molecule has 0 fully saturated rings. The van der Waals surface area contributed by atoms with Gasteiger partial charge >= 0.3 is 0 Å². The van der Waals surface area contributed by atoms with Gasteiger partial charge in [-0.15, -0.1) is 0 Å². The topological polar surface area (TPSA) is 38.4 Å². The van der Waals surface area contributed by atoms with E-state index in [1.807, 2.05) is 6.08 Å². The first-order valence-corrected chi connectivity index (χ1v) is 3.82. The van der Waals surface area contributed by atoms with E-state index in [2.05, 4.69) is 25.8 Å². The van der Waals surface area contributed by atoms with Crippen molar-refractivity contribution in [2.24, 2.45) is 16.1 Å². The second kappa shape index (κ2) is 4.16. The van der Waals surface area contributed by atoms with E-state index in [9.17, 15) is 0 Å². The molecule has 2 heteroatoms. The fourth-order valence-electron chi connectivity index (χ4n) is 0.842. The second-order valence-electron chi connectivity index (χ2n) is 3.89. The van der Waals surface area contributed by atoms with E-state index in [0.29, 0.717) is 0 Å². The molecule has 2 N–H and O–H groups in total. The normalized spacial score (nSPS) is 14.4. The van der Waals surface area contributed by atoms with E-state index in [0.717, 1.165) is 12.1 Å². The van der Waals surface area contributed by atoms with Crippen molar-refractivity contribution in [3.8, 4) is 0 Å². The van der Waals surface area contributed by atoms with E-state index in [1.54, 1.807) is 13.3 Å². The Morgan fingerprint density at radius 2 is 2.00 bits per heavy atom. The van der Waals surface area contributed by atoms with Crippen LogP contribution >= 0.6 is 0 Å². The quantitative estimate of drug-likeness (QED) is 0.607. The molecule has 2 nitrogen and oxygen atoms in total. The van der Waals surface area contributed by atoms with Gasteiger partial charge < -0.3 is 5.73 Å². The molecule has 0 saturated carbocycles. The fraction of sp³-hybridized carbons (Fsp3) is 0.667. The Morgan fingerprint density at radius 3 is 2.36 bits per heavy atom. The molecule has 0 spiro atoms. The maximum absolute atomic E-state index is 5.72. The Kier molecular flexibility index (Phi) is 3.86. The van der Waals surface area contributed by atoms with Crippen LogP contribution in [0.15, 0.2) is 16.8 Å². The Hall–Kier alpha value is -0.790. The summed E-state index contributed by atoms with van der Waals surface area (Å²) in [6, 6.07) is 0. The zero-order valence-electron chi connectivity index (χ0n) is 7.89. The zero-order valence-corrected chi connectivity index (χ0v) is 7.89. The van der Waals surface area contributed by atoms with Crippen LogP contribution in [0.2, 0.25) is 0 Å². The van der Waals surface area contributed by atoms with Gasteiger partial charge in [0.1, 0.15) is 0 Å². The van der Waals surface area contributed by atoms with Crippen LogP contribution in [0, 0.1) is 5.41 Å². The summed E-state index contributed by atoms with van der Waals surface area (Å²) in [5.74, 6) is 0. The Morgan fingerprint density at radius 1 is 1.45 bits per heavy atom. The zero-order chi connectivity index (χ0) is 8.91. The molecule has 11 heavy (non-hydrogen) atoms. The number of aliphatic imine (C=N–C) groups is 1. The van der Waals surface area contributed by atoms with Crippen molar-refractivity contribution in [1.29, 1.82) is 0 Å². The van der Waals surface area contributed by atoms with Crippen LogP contribution in [-0.2, 0) is 0 Å². The minimum atomic E-state index is 0.266. The van der Waals surface area contributed by atoms with Crippen LogP contribution in [0.4, 0.5) is 0 Å². The van der Waals surface area contributed by atoms with E-state index in [-0.39, 0.29) is 5.41 Å². The largest absolute Gasteiger partial charge is 0.402 e. The predicted octanol–water partition coefficient (Wildman–Crippen LogP) is 1.97. The minimum absolute atomic E-state index is 0.266. The third-order valence-corrected chi connectivity index (χ3v) is 1.17. The fourth-order valence-corrected chi connectivity index (χ4v) is 0.842. The SMILES string of the molecule is CN=CC=C(N)CC(C)(C)C. The predicted molar refractivity (Wildman–Crippen MR) is 50.8 cm³/mol. The lowest BCUT2D eigenvalue weighted by molar-refractivity contribution is 0.408. The number of nitrogens with zero attached hydrogens (tertiary/aromatic N) is 1. The van der Waals surface area contributed by atoms with Crippen LogP contribution in [0.5, 0.6) is 0 Å². The van der Waals surface area contributed by atoms with Gasteiger partial charge in [0.2, 0.25) is 0 Å². The van der Waals surface area contributed by atoms with Crippen LogP contribution in [0.1, 0.15) is 27.2 Å². The summed E-state index contributed by atoms with van der Waals surface area (Å²) < 4.78 is 0. The molecule has 0 heterocycles. The highest BCUT2D eigenvalue weighted by Gasteiger charge is 2.10. The molecule has 0 aliphatic carbocycles. The molecule has 0 unspecified atom stereocenters. The first kappa shape index (κ1) is 10.2. The summed E-state index contributed by atoms with van der Waals surface area (Å²) >= 11 is 0. The minimum Gasteiger partial charge on any atom is -0.402 e. The number of allylic oxidation sites excluding steroid dienone is 2. The average molecular weight is 154 g/mol. The average Bonchev–Trinajstić information content (AvgIpc) is 1.79. The summed E-state index contributed by atoms with van der Waals surface area (Å²) in [6.45, 7) is 6.49. The lowest BCUT2D eigenvalue weighted by Gasteiger charge is -2.17. The van der Waals surface area contributed by atoms with Gasteiger partial charge in [-0.25, -0.2) is 0 Å². The summed E-state index contributed by atoms with van der Waals surface area (Å²) in [6.07, 6.45) is 4.49. The number of nitrogens with two attached hydrogens (primary N) is 1. The van der Waals surface area contributed by atoms with Gasteiger partial charge in [-0.2, -0.15) is 0 Å². The summed E-state index contributed by atoms with van der Waals surface area (Å²) in [5, 5.41) is 0. The number of hydrogen-bond donors (Lipinski definition) is 1. The maximum Gasteiger partial charge on any atom is 0.0277 e. The molecule has 0 aromatic carbocycles. The van der Waals surface area contributed by atoms with E-state index >= 15 is 0 Å². The second-order valence-corrected chi connectivity index (χ2v) is 3.89. The first-order valence-electron chi connectivity index (χ1n) is 3.82. The van der Waals surface area contributed by atoms with Crippen LogP contribution < -0.4 is 5.73 Å². The molecule has 0 aliphatic heterocycles. The highest BCUT2D eigenvalue weighted by atomic mass is 14.6. The van der Waals surface area contributed by atoms with E-state index in [1.165, 1.54) is 0 Å². The first-order chi connectivity index (χ1) is 4.95. The molecule has 0 aromatic rings. The molecule has 0 rings (SSSR count). The molecule has 0 bridgehead atoms. The summed E-state index contributed by atoms with van der Waals surface area (Å²) in [4.78, 5) is 3.82. The van der Waals surface area contributed by atoms with Gasteiger partial charge in [0.15, 0.2) is 0 Å². The standard InChI is InChI=1S/C9H18N2/c1-9(2,3)7-8(10)5-6-11-4/h5-6H,7,10H2,1-4H3. The van der Waals surface area contributed by atoms with Crippen molar-refractivity contribution in [3.63, 3.8) is 0 Å². The van der Waals surface area contributed by atoms with Crippen molar-refractivity contribution in [2.45, 2.75) is 27.2 Å². The van der Waals surface area contributed by atoms with Crippen molar-refractivity contribution < 1.29 is 0 Å². The molecule has 0 atom stereocenters. The van der Waals surface area contributed by atoms with E-state index in [4.69, 9.17) is 5.73 Å². The highest BCUT2D eigenvalue weighted by Crippen LogP contribution is 2.20. The molecular weight excluding hydrogens is 136 g/mol. The monoisotopic (exact) mass is 154 g/mol. The van der Waals surface area contributed by atoms with Crippen LogP contribution in [0.25, 0.3) is 0 Å². The molecular formula is C9H18N2. The van der Waals surface area contributed by atoms with Gasteiger partial charge in [0.25, 0.3) is 0 Å². The van der Waals surface area contributed by atoms with Crippen LogP contribution in [-0.4, -0.2) is 13.3 Å². The Bertz CT molecular complexity index is 161. The number of rotatable bonds is 2. The third kappa shape index (κ3) is 7.10. The molecule has 0 radical (unpaired) electrons. The van der Waals surface area contributed by atoms with Crippen molar-refractivity contribution in [1.82, 2.24) is 0 Å². The molecule has 0 amide bonds. The van der Waals surface area contributed by atoms with Crippen molar-refractivity contribution >= 4 is 6.21 Å². The van der Waals surface area contributed by atoms with Crippen LogP contribution in [0.3, 0.4) is 0 Å². The van der Waals surface area contributed by atoms with Crippen molar-refractivity contribution in [2.75, 3.05) is 7.05 Å². The van der Waals surface area contributed by atoms with E-state index < -0.39 is 0 Å². The van der Waals surface area contributed by atoms with Gasteiger partial charge in [0, 0.05) is 19.0 Å². The lowest BCUT2D eigenvalue weighted by Crippen LogP contribution is -2.11. The van der Waals surface area contributed by atoms with Gasteiger partial charge in [-0.05, 0) is 17.9 Å². The third-order valence-electron chi connectivity index (χ3n) is 1.17. The summed E-state index contributed by atoms with van der Waals surface area (Å²) in [7, 11) is 1.74. The molecule has 0 aliphatic rings. The Labute approximate surface area is 69.2 Å². The Balaban J connectivity index is 3.96. The smallest absolute Gasteiger partial charge is 0.0277 e. The number of hydrogen-bond acceptors (Lipinski definition) is 2. The van der Waals surface area contributed by atoms with Gasteiger partial charge in [-0.3, -0.25) is 4.99 Å². The lowest BCUT2D eigenvalue weighted by atomic mass is 9.91. The van der Waals surface area contributed by atoms with Crippen molar-refractivity contribution in [3.05, 3.63) is 11.8 Å². The molecule has 0 aromatic heterocycles. The van der Waals surface area contributed by atoms with Gasteiger partial charge in [0.05, 0.1) is 0 Å².